The van der Waals surface area contributed by atoms with Gasteiger partial charge in [-0.05, 0) is 37.0 Å². The summed E-state index contributed by atoms with van der Waals surface area (Å²) in [6.45, 7) is 11.6. The minimum atomic E-state index is 0.351. The van der Waals surface area contributed by atoms with Gasteiger partial charge in [-0.25, -0.2) is 0 Å². The summed E-state index contributed by atoms with van der Waals surface area (Å²) < 4.78 is 0.351. The van der Waals surface area contributed by atoms with Gasteiger partial charge in [-0.3, -0.25) is 0 Å². The van der Waals surface area contributed by atoms with Crippen LogP contribution in [0.1, 0.15) is 53.9 Å². The number of hydrogen-bond acceptors (Lipinski definition) is 2. The average molecular weight is 243 g/mol. The molecule has 0 radical (unpaired) electrons. The molecule has 3 atom stereocenters. The minimum Gasteiger partial charge on any atom is -0.327 e. The molecule has 1 aliphatic rings. The standard InChI is InChI=1S/C14H29NS/c1-10-6-11(2)8-12(7-10)13(15)9-16-14(3,4)5/h10-13H,6-9,15H2,1-5H3. The molecule has 2 heteroatoms. The summed E-state index contributed by atoms with van der Waals surface area (Å²) in [6, 6.07) is 0.398. The third-order valence-corrected chi connectivity index (χ3v) is 4.95. The van der Waals surface area contributed by atoms with Crippen molar-refractivity contribution in [2.45, 2.75) is 64.7 Å². The van der Waals surface area contributed by atoms with E-state index in [0.29, 0.717) is 10.8 Å². The van der Waals surface area contributed by atoms with E-state index in [1.165, 1.54) is 19.3 Å². The van der Waals surface area contributed by atoms with Crippen molar-refractivity contribution in [3.63, 3.8) is 0 Å². The highest BCUT2D eigenvalue weighted by molar-refractivity contribution is 8.00. The van der Waals surface area contributed by atoms with Gasteiger partial charge in [0.25, 0.3) is 0 Å². The van der Waals surface area contributed by atoms with E-state index in [1.807, 2.05) is 11.8 Å². The molecule has 96 valence electrons. The fraction of sp³-hybridized carbons (Fsp3) is 1.00. The van der Waals surface area contributed by atoms with Crippen LogP contribution in [0.25, 0.3) is 0 Å². The Bertz CT molecular complexity index is 199. The van der Waals surface area contributed by atoms with Crippen LogP contribution in [0.2, 0.25) is 0 Å². The summed E-state index contributed by atoms with van der Waals surface area (Å²) in [4.78, 5) is 0. The van der Waals surface area contributed by atoms with Gasteiger partial charge in [0.05, 0.1) is 0 Å². The maximum Gasteiger partial charge on any atom is 0.0159 e. The molecule has 2 N–H and O–H groups in total. The summed E-state index contributed by atoms with van der Waals surface area (Å²) >= 11 is 2.01. The second kappa shape index (κ2) is 5.77. The molecule has 1 fully saturated rings. The van der Waals surface area contributed by atoms with Gasteiger partial charge in [-0.2, -0.15) is 11.8 Å². The molecule has 0 aromatic rings. The van der Waals surface area contributed by atoms with Crippen LogP contribution in [0.4, 0.5) is 0 Å². The van der Waals surface area contributed by atoms with Crippen molar-refractivity contribution in [1.82, 2.24) is 0 Å². The lowest BCUT2D eigenvalue weighted by molar-refractivity contribution is 0.200. The number of nitrogens with two attached hydrogens (primary N) is 1. The monoisotopic (exact) mass is 243 g/mol. The molecular formula is C14H29NS. The molecule has 3 unspecified atom stereocenters. The molecule has 0 saturated heterocycles. The Balaban J connectivity index is 2.38. The highest BCUT2D eigenvalue weighted by Crippen LogP contribution is 2.35. The average Bonchev–Trinajstić information content (AvgIpc) is 2.11. The molecule has 1 nitrogen and oxygen atoms in total. The van der Waals surface area contributed by atoms with E-state index in [0.717, 1.165) is 23.5 Å². The Morgan fingerprint density at radius 2 is 1.62 bits per heavy atom. The fourth-order valence-electron chi connectivity index (χ4n) is 2.84. The predicted molar refractivity (Wildman–Crippen MR) is 75.9 cm³/mol. The van der Waals surface area contributed by atoms with Crippen LogP contribution in [-0.4, -0.2) is 16.5 Å². The Morgan fingerprint density at radius 3 is 2.06 bits per heavy atom. The SMILES string of the molecule is CC1CC(C)CC(C(N)CSC(C)(C)C)C1. The van der Waals surface area contributed by atoms with Crippen molar-refractivity contribution in [1.29, 1.82) is 0 Å². The lowest BCUT2D eigenvalue weighted by Gasteiger charge is -2.35. The first-order valence-corrected chi connectivity index (χ1v) is 7.66. The first-order valence-electron chi connectivity index (χ1n) is 6.67. The summed E-state index contributed by atoms with van der Waals surface area (Å²) in [5.74, 6) is 3.63. The highest BCUT2D eigenvalue weighted by atomic mass is 32.2. The van der Waals surface area contributed by atoms with Crippen LogP contribution in [0.5, 0.6) is 0 Å². The van der Waals surface area contributed by atoms with Gasteiger partial charge in [0.1, 0.15) is 0 Å². The fourth-order valence-corrected chi connectivity index (χ4v) is 3.81. The first-order chi connectivity index (χ1) is 7.28. The molecule has 1 aliphatic carbocycles. The van der Waals surface area contributed by atoms with Crippen molar-refractivity contribution in [2.75, 3.05) is 5.75 Å². The largest absolute Gasteiger partial charge is 0.327 e. The van der Waals surface area contributed by atoms with E-state index >= 15 is 0 Å². The number of rotatable bonds is 3. The van der Waals surface area contributed by atoms with Crippen LogP contribution in [0, 0.1) is 17.8 Å². The van der Waals surface area contributed by atoms with Crippen LogP contribution in [0.3, 0.4) is 0 Å². The van der Waals surface area contributed by atoms with Crippen molar-refractivity contribution in [3.8, 4) is 0 Å². The summed E-state index contributed by atoms with van der Waals surface area (Å²) in [7, 11) is 0. The van der Waals surface area contributed by atoms with Crippen molar-refractivity contribution in [3.05, 3.63) is 0 Å². The van der Waals surface area contributed by atoms with E-state index in [4.69, 9.17) is 5.73 Å². The third-order valence-electron chi connectivity index (χ3n) is 3.53. The number of thioether (sulfide) groups is 1. The van der Waals surface area contributed by atoms with Gasteiger partial charge >= 0.3 is 0 Å². The second-order valence-corrected chi connectivity index (χ2v) is 8.61. The molecule has 1 saturated carbocycles. The smallest absolute Gasteiger partial charge is 0.0159 e. The zero-order chi connectivity index (χ0) is 12.3. The van der Waals surface area contributed by atoms with Crippen molar-refractivity contribution in [2.24, 2.45) is 23.5 Å². The van der Waals surface area contributed by atoms with Crippen LogP contribution < -0.4 is 5.73 Å². The lowest BCUT2D eigenvalue weighted by Crippen LogP contribution is -2.38. The molecule has 0 aromatic carbocycles. The quantitative estimate of drug-likeness (QED) is 0.813. The Morgan fingerprint density at radius 1 is 1.12 bits per heavy atom. The Kier molecular flexibility index (Phi) is 5.18. The summed E-state index contributed by atoms with van der Waals surface area (Å²) in [5, 5.41) is 0. The summed E-state index contributed by atoms with van der Waals surface area (Å²) in [6.07, 6.45) is 4.09. The van der Waals surface area contributed by atoms with E-state index in [1.54, 1.807) is 0 Å². The van der Waals surface area contributed by atoms with Crippen LogP contribution in [-0.2, 0) is 0 Å². The third kappa shape index (κ3) is 5.09. The Labute approximate surface area is 106 Å². The molecule has 0 amide bonds. The molecule has 0 bridgehead atoms. The van der Waals surface area contributed by atoms with Gasteiger partial charge in [-0.1, -0.05) is 34.6 Å². The minimum absolute atomic E-state index is 0.351. The first kappa shape index (κ1) is 14.4. The van der Waals surface area contributed by atoms with Gasteiger partial charge in [0, 0.05) is 16.5 Å². The highest BCUT2D eigenvalue weighted by Gasteiger charge is 2.28. The van der Waals surface area contributed by atoms with E-state index in [2.05, 4.69) is 34.6 Å². The maximum atomic E-state index is 6.36. The molecule has 1 rings (SSSR count). The van der Waals surface area contributed by atoms with E-state index < -0.39 is 0 Å². The van der Waals surface area contributed by atoms with Crippen LogP contribution in [0.15, 0.2) is 0 Å². The molecule has 0 aliphatic heterocycles. The van der Waals surface area contributed by atoms with E-state index in [9.17, 15) is 0 Å². The van der Waals surface area contributed by atoms with Gasteiger partial charge < -0.3 is 5.73 Å². The van der Waals surface area contributed by atoms with Crippen molar-refractivity contribution < 1.29 is 0 Å². The molecule has 0 heterocycles. The molecule has 16 heavy (non-hydrogen) atoms. The zero-order valence-corrected chi connectivity index (χ0v) is 12.4. The summed E-state index contributed by atoms with van der Waals surface area (Å²) in [5.41, 5.74) is 6.36. The van der Waals surface area contributed by atoms with Gasteiger partial charge in [0.15, 0.2) is 0 Å². The van der Waals surface area contributed by atoms with Gasteiger partial charge in [0.2, 0.25) is 0 Å². The predicted octanol–water partition coefficient (Wildman–Crippen LogP) is 3.92. The lowest BCUT2D eigenvalue weighted by atomic mass is 9.74. The van der Waals surface area contributed by atoms with Crippen LogP contribution >= 0.6 is 11.8 Å². The molecule has 0 aromatic heterocycles. The normalized spacial score (nSPS) is 33.8. The molecule has 0 spiro atoms. The topological polar surface area (TPSA) is 26.0 Å². The second-order valence-electron chi connectivity index (χ2n) is 6.76. The zero-order valence-electron chi connectivity index (χ0n) is 11.6. The van der Waals surface area contributed by atoms with E-state index in [-0.39, 0.29) is 0 Å². The number of hydrogen-bond donors (Lipinski definition) is 1. The maximum absolute atomic E-state index is 6.36. The molecular weight excluding hydrogens is 214 g/mol. The van der Waals surface area contributed by atoms with Gasteiger partial charge in [-0.15, -0.1) is 0 Å². The Hall–Kier alpha value is 0.310. The van der Waals surface area contributed by atoms with Crippen molar-refractivity contribution >= 4 is 11.8 Å².